The van der Waals surface area contributed by atoms with E-state index in [-0.39, 0.29) is 58.8 Å². The van der Waals surface area contributed by atoms with Gasteiger partial charge in [0.15, 0.2) is 0 Å². The van der Waals surface area contributed by atoms with Gasteiger partial charge in [0.05, 0.1) is 18.1 Å². The van der Waals surface area contributed by atoms with Crippen molar-refractivity contribution < 1.29 is 17.6 Å². The number of amides is 1. The molecule has 0 aliphatic rings. The second-order valence-electron chi connectivity index (χ2n) is 10.3. The van der Waals surface area contributed by atoms with Gasteiger partial charge in [0.2, 0.25) is 15.9 Å². The third-order valence-corrected chi connectivity index (χ3v) is 9.03. The van der Waals surface area contributed by atoms with E-state index in [1.54, 1.807) is 17.0 Å². The largest absolute Gasteiger partial charge is 0.345 e. The summed E-state index contributed by atoms with van der Waals surface area (Å²) in [6, 6.07) is 23.9. The van der Waals surface area contributed by atoms with Crippen molar-refractivity contribution in [3.63, 3.8) is 0 Å². The van der Waals surface area contributed by atoms with Crippen LogP contribution in [0.4, 0.5) is 4.39 Å². The number of hydrogen-bond acceptors (Lipinski definition) is 3. The summed E-state index contributed by atoms with van der Waals surface area (Å²) in [5.74, 6) is -0.710. The summed E-state index contributed by atoms with van der Waals surface area (Å²) in [7, 11) is -4.13. The Morgan fingerprint density at radius 2 is 1.61 bits per heavy atom. The Morgan fingerprint density at radius 3 is 2.29 bits per heavy atom. The highest BCUT2D eigenvalue weighted by molar-refractivity contribution is 7.89. The molecule has 4 aromatic rings. The van der Waals surface area contributed by atoms with Crippen LogP contribution in [0.3, 0.4) is 0 Å². The molecule has 0 radical (unpaired) electrons. The first-order valence-corrected chi connectivity index (χ1v) is 15.4. The third kappa shape index (κ3) is 8.20. The fourth-order valence-electron chi connectivity index (χ4n) is 4.49. The first-order chi connectivity index (χ1) is 19.5. The number of nitrogens with zero attached hydrogens (tertiary/aromatic N) is 3. The number of aromatic nitrogens is 1. The van der Waals surface area contributed by atoms with Gasteiger partial charge in [-0.25, -0.2) is 12.8 Å². The molecule has 0 saturated heterocycles. The topological polar surface area (TPSA) is 62.6 Å². The summed E-state index contributed by atoms with van der Waals surface area (Å²) in [5, 5.41) is 0.270. The van der Waals surface area contributed by atoms with Crippen molar-refractivity contribution in [2.45, 2.75) is 38.4 Å². The number of halogens is 3. The minimum absolute atomic E-state index is 0.0374. The standard InChI is InChI=1S/C31H32Cl2FN3O3S/c1-23(2)18-37(41(39,40)30-17-26(32)12-15-29(30)33)22-31(38)36(20-24-7-4-3-5-8-24)21-28-9-6-16-35(28)19-25-10-13-27(34)14-11-25/h3-17,23H,18-22H2,1-2H3. The monoisotopic (exact) mass is 615 g/mol. The van der Waals surface area contributed by atoms with E-state index < -0.39 is 10.0 Å². The SMILES string of the molecule is CC(C)CN(CC(=O)N(Cc1ccccc1)Cc1cccn1Cc1ccc(F)cc1)S(=O)(=O)c1cc(Cl)ccc1Cl. The minimum atomic E-state index is -4.13. The lowest BCUT2D eigenvalue weighted by Gasteiger charge is -2.29. The van der Waals surface area contributed by atoms with Gasteiger partial charge >= 0.3 is 0 Å². The quantitative estimate of drug-likeness (QED) is 0.175. The van der Waals surface area contributed by atoms with Crippen LogP contribution in [0.5, 0.6) is 0 Å². The highest BCUT2D eigenvalue weighted by Gasteiger charge is 2.31. The third-order valence-electron chi connectivity index (χ3n) is 6.50. The van der Waals surface area contributed by atoms with E-state index in [0.717, 1.165) is 16.8 Å². The van der Waals surface area contributed by atoms with Crippen molar-refractivity contribution >= 4 is 39.1 Å². The maximum atomic E-state index is 13.9. The van der Waals surface area contributed by atoms with Gasteiger partial charge in [-0.05, 0) is 59.5 Å². The van der Waals surface area contributed by atoms with Crippen LogP contribution in [0.1, 0.15) is 30.7 Å². The van der Waals surface area contributed by atoms with Gasteiger partial charge in [-0.15, -0.1) is 0 Å². The summed E-state index contributed by atoms with van der Waals surface area (Å²) >= 11 is 12.4. The van der Waals surface area contributed by atoms with E-state index in [0.29, 0.717) is 6.54 Å². The normalized spacial score (nSPS) is 11.8. The number of hydrogen-bond donors (Lipinski definition) is 0. The predicted octanol–water partition coefficient (Wildman–Crippen LogP) is 6.86. The molecule has 0 spiro atoms. The van der Waals surface area contributed by atoms with Gasteiger partial charge in [-0.3, -0.25) is 4.79 Å². The second-order valence-corrected chi connectivity index (χ2v) is 13.0. The number of benzene rings is 3. The van der Waals surface area contributed by atoms with Crippen molar-refractivity contribution in [1.82, 2.24) is 13.8 Å². The molecule has 0 aliphatic carbocycles. The smallest absolute Gasteiger partial charge is 0.245 e. The molecular weight excluding hydrogens is 584 g/mol. The average molecular weight is 617 g/mol. The maximum Gasteiger partial charge on any atom is 0.245 e. The molecular formula is C31H32Cl2FN3O3S. The summed E-state index contributed by atoms with van der Waals surface area (Å²) in [5.41, 5.74) is 2.68. The number of carbonyl (C=O) groups is 1. The van der Waals surface area contributed by atoms with E-state index in [2.05, 4.69) is 0 Å². The van der Waals surface area contributed by atoms with Crippen molar-refractivity contribution in [2.75, 3.05) is 13.1 Å². The molecule has 10 heteroatoms. The van der Waals surface area contributed by atoms with E-state index in [4.69, 9.17) is 23.2 Å². The lowest BCUT2D eigenvalue weighted by molar-refractivity contribution is -0.132. The fraction of sp³-hybridized carbons (Fsp3) is 0.258. The van der Waals surface area contributed by atoms with Crippen LogP contribution in [0, 0.1) is 11.7 Å². The number of rotatable bonds is 12. The zero-order valence-corrected chi connectivity index (χ0v) is 25.2. The molecule has 3 aromatic carbocycles. The highest BCUT2D eigenvalue weighted by Crippen LogP contribution is 2.28. The molecule has 0 fully saturated rings. The lowest BCUT2D eigenvalue weighted by Crippen LogP contribution is -2.44. The Labute approximate surface area is 251 Å². The first-order valence-electron chi connectivity index (χ1n) is 13.2. The minimum Gasteiger partial charge on any atom is -0.345 e. The van der Waals surface area contributed by atoms with Crippen molar-refractivity contribution in [2.24, 2.45) is 5.92 Å². The van der Waals surface area contributed by atoms with Crippen LogP contribution in [-0.2, 0) is 34.5 Å². The first kappa shape index (κ1) is 30.8. The zero-order valence-electron chi connectivity index (χ0n) is 22.9. The number of sulfonamides is 1. The molecule has 0 bridgehead atoms. The van der Waals surface area contributed by atoms with Gasteiger partial charge in [-0.2, -0.15) is 4.31 Å². The van der Waals surface area contributed by atoms with Crippen LogP contribution < -0.4 is 0 Å². The summed E-state index contributed by atoms with van der Waals surface area (Å²) < 4.78 is 44.1. The fourth-order valence-corrected chi connectivity index (χ4v) is 6.78. The molecule has 4 rings (SSSR count). The molecule has 0 atom stereocenters. The molecule has 216 valence electrons. The molecule has 0 aliphatic heterocycles. The van der Waals surface area contributed by atoms with Crippen molar-refractivity contribution in [3.8, 4) is 0 Å². The van der Waals surface area contributed by atoms with E-state index in [9.17, 15) is 17.6 Å². The van der Waals surface area contributed by atoms with Crippen LogP contribution in [0.25, 0.3) is 0 Å². The van der Waals surface area contributed by atoms with E-state index in [1.165, 1.54) is 34.6 Å². The Bertz CT molecular complexity index is 1580. The summed E-state index contributed by atoms with van der Waals surface area (Å²) in [6.07, 6.45) is 1.90. The molecule has 1 aromatic heterocycles. The van der Waals surface area contributed by atoms with Crippen LogP contribution in [0.2, 0.25) is 10.0 Å². The molecule has 41 heavy (non-hydrogen) atoms. The van der Waals surface area contributed by atoms with E-state index in [1.807, 2.05) is 67.1 Å². The lowest BCUT2D eigenvalue weighted by atomic mass is 10.2. The highest BCUT2D eigenvalue weighted by atomic mass is 35.5. The van der Waals surface area contributed by atoms with Crippen LogP contribution in [0.15, 0.2) is 96.0 Å². The second kappa shape index (κ2) is 13.7. The Balaban J connectivity index is 1.63. The van der Waals surface area contributed by atoms with E-state index >= 15 is 0 Å². The van der Waals surface area contributed by atoms with Gasteiger partial charge in [0.1, 0.15) is 10.7 Å². The van der Waals surface area contributed by atoms with Gasteiger partial charge in [-0.1, -0.05) is 79.5 Å². The average Bonchev–Trinajstić information content (AvgIpc) is 3.37. The molecule has 1 heterocycles. The van der Waals surface area contributed by atoms with Gasteiger partial charge in [0, 0.05) is 36.5 Å². The molecule has 1 amide bonds. The number of carbonyl (C=O) groups excluding carboxylic acids is 1. The maximum absolute atomic E-state index is 13.9. The van der Waals surface area contributed by atoms with Gasteiger partial charge in [0.25, 0.3) is 0 Å². The molecule has 0 unspecified atom stereocenters. The van der Waals surface area contributed by atoms with Crippen LogP contribution in [-0.4, -0.2) is 41.2 Å². The van der Waals surface area contributed by atoms with Crippen molar-refractivity contribution in [3.05, 3.63) is 124 Å². The zero-order chi connectivity index (χ0) is 29.6. The van der Waals surface area contributed by atoms with Gasteiger partial charge < -0.3 is 9.47 Å². The summed E-state index contributed by atoms with van der Waals surface area (Å²) in [4.78, 5) is 15.4. The van der Waals surface area contributed by atoms with Crippen LogP contribution >= 0.6 is 23.2 Å². The summed E-state index contributed by atoms with van der Waals surface area (Å²) in [6.45, 7) is 4.56. The predicted molar refractivity (Wildman–Crippen MR) is 161 cm³/mol. The Kier molecular flexibility index (Phi) is 10.3. The molecule has 6 nitrogen and oxygen atoms in total. The van der Waals surface area contributed by atoms with Crippen molar-refractivity contribution in [1.29, 1.82) is 0 Å². The Hall–Kier alpha value is -3.17. The molecule has 0 saturated carbocycles. The Morgan fingerprint density at radius 1 is 0.902 bits per heavy atom. The molecule has 0 N–H and O–H groups in total.